The van der Waals surface area contributed by atoms with Crippen molar-refractivity contribution in [2.75, 3.05) is 0 Å². The fraction of sp³-hybridized carbons (Fsp3) is 0.800. The number of hydrogen-bond donors (Lipinski definition) is 1. The van der Waals surface area contributed by atoms with Gasteiger partial charge in [0, 0.05) is 18.3 Å². The number of Topliss-reactive ketones (excluding diaryl/α,β-unsaturated/α-hetero) is 1. The van der Waals surface area contributed by atoms with Crippen molar-refractivity contribution in [2.24, 2.45) is 28.6 Å². The van der Waals surface area contributed by atoms with Gasteiger partial charge in [0.1, 0.15) is 5.78 Å². The molecule has 0 spiro atoms. The number of allylic oxidation sites excluding steroid dienone is 2. The highest BCUT2D eigenvalue weighted by Crippen LogP contribution is 2.66. The lowest BCUT2D eigenvalue weighted by Gasteiger charge is -2.57. The van der Waals surface area contributed by atoms with Crippen LogP contribution in [-0.4, -0.2) is 16.5 Å². The van der Waals surface area contributed by atoms with Crippen molar-refractivity contribution in [3.8, 4) is 6.07 Å². The number of hydrogen-bond acceptors (Lipinski definition) is 3. The SMILES string of the molecule is C[C@]12CCC(=O)CC1=CC[C@@H]1[C@H]2CC[C@@]2(C)[C@H]1CCC2(O)C#N. The maximum absolute atomic E-state index is 11.9. The molecule has 0 bridgehead atoms. The Morgan fingerprint density at radius 3 is 2.70 bits per heavy atom. The first-order valence-electron chi connectivity index (χ1n) is 9.19. The standard InChI is InChI=1S/C20H27NO2/c1-18-8-5-14(22)11-13(18)3-4-15-16(18)6-9-19(2)17(15)7-10-20(19,23)12-21/h3,15-17,23H,4-11H2,1-2H3/t15-,16-,17+,18+,19+,20?/m1/s1. The highest BCUT2D eigenvalue weighted by atomic mass is 16.3. The van der Waals surface area contributed by atoms with Crippen molar-refractivity contribution in [1.82, 2.24) is 0 Å². The van der Waals surface area contributed by atoms with Gasteiger partial charge in [-0.3, -0.25) is 4.79 Å². The van der Waals surface area contributed by atoms with Crippen molar-refractivity contribution >= 4 is 5.78 Å². The van der Waals surface area contributed by atoms with Gasteiger partial charge in [-0.25, -0.2) is 0 Å². The van der Waals surface area contributed by atoms with Crippen molar-refractivity contribution in [2.45, 2.75) is 70.8 Å². The lowest BCUT2D eigenvalue weighted by atomic mass is 9.47. The second-order valence-corrected chi connectivity index (χ2v) is 8.94. The van der Waals surface area contributed by atoms with E-state index in [4.69, 9.17) is 0 Å². The predicted octanol–water partition coefficient (Wildman–Crippen LogP) is 3.77. The molecule has 3 nitrogen and oxygen atoms in total. The molecule has 0 heterocycles. The van der Waals surface area contributed by atoms with Gasteiger partial charge in [-0.2, -0.15) is 5.26 Å². The molecule has 23 heavy (non-hydrogen) atoms. The summed E-state index contributed by atoms with van der Waals surface area (Å²) in [5.74, 6) is 2.03. The first-order chi connectivity index (χ1) is 10.8. The topological polar surface area (TPSA) is 61.1 Å². The quantitative estimate of drug-likeness (QED) is 0.547. The van der Waals surface area contributed by atoms with Gasteiger partial charge >= 0.3 is 0 Å². The van der Waals surface area contributed by atoms with E-state index in [1.54, 1.807) is 0 Å². The van der Waals surface area contributed by atoms with Gasteiger partial charge in [-0.05, 0) is 61.7 Å². The number of aliphatic hydroxyl groups is 1. The molecule has 6 atom stereocenters. The Hall–Kier alpha value is -1.14. The smallest absolute Gasteiger partial charge is 0.156 e. The molecule has 1 N–H and O–H groups in total. The van der Waals surface area contributed by atoms with Gasteiger partial charge in [-0.1, -0.05) is 25.5 Å². The number of rotatable bonds is 0. The fourth-order valence-corrected chi connectivity index (χ4v) is 6.68. The van der Waals surface area contributed by atoms with E-state index in [2.05, 4.69) is 26.0 Å². The first kappa shape index (κ1) is 15.4. The summed E-state index contributed by atoms with van der Waals surface area (Å²) in [7, 11) is 0. The number of nitrogens with zero attached hydrogens (tertiary/aromatic N) is 1. The van der Waals surface area contributed by atoms with Gasteiger partial charge in [0.05, 0.1) is 6.07 Å². The van der Waals surface area contributed by atoms with Crippen LogP contribution in [0.5, 0.6) is 0 Å². The highest BCUT2D eigenvalue weighted by Gasteiger charge is 2.64. The van der Waals surface area contributed by atoms with Gasteiger partial charge in [0.15, 0.2) is 5.60 Å². The zero-order valence-corrected chi connectivity index (χ0v) is 14.3. The molecule has 0 saturated heterocycles. The van der Waals surface area contributed by atoms with Crippen LogP contribution in [0.15, 0.2) is 11.6 Å². The van der Waals surface area contributed by atoms with E-state index in [-0.39, 0.29) is 10.8 Å². The van der Waals surface area contributed by atoms with Crippen LogP contribution in [0.4, 0.5) is 0 Å². The molecular formula is C20H27NO2. The number of carbonyl (C=O) groups excluding carboxylic acids is 1. The van der Waals surface area contributed by atoms with E-state index in [1.165, 1.54) is 5.57 Å². The van der Waals surface area contributed by atoms with Crippen LogP contribution in [0.1, 0.15) is 65.2 Å². The molecule has 4 rings (SSSR count). The normalized spacial score (nSPS) is 52.0. The highest BCUT2D eigenvalue weighted by molar-refractivity contribution is 5.82. The Labute approximate surface area is 138 Å². The second kappa shape index (κ2) is 4.70. The molecule has 0 amide bonds. The maximum atomic E-state index is 11.9. The average molecular weight is 313 g/mol. The summed E-state index contributed by atoms with van der Waals surface area (Å²) in [6, 6.07) is 2.24. The van der Waals surface area contributed by atoms with E-state index in [1.807, 2.05) is 0 Å². The molecule has 1 unspecified atom stereocenters. The number of fused-ring (bicyclic) bond motifs is 5. The molecule has 4 aliphatic carbocycles. The third-order valence-electron chi connectivity index (χ3n) is 8.27. The summed E-state index contributed by atoms with van der Waals surface area (Å²) in [4.78, 5) is 11.9. The molecule has 124 valence electrons. The van der Waals surface area contributed by atoms with E-state index in [0.717, 1.165) is 38.5 Å². The largest absolute Gasteiger partial charge is 0.375 e. The third-order valence-corrected chi connectivity index (χ3v) is 8.27. The lowest BCUT2D eigenvalue weighted by molar-refractivity contribution is -0.123. The second-order valence-electron chi connectivity index (χ2n) is 8.94. The summed E-state index contributed by atoms with van der Waals surface area (Å²) >= 11 is 0. The summed E-state index contributed by atoms with van der Waals surface area (Å²) < 4.78 is 0. The van der Waals surface area contributed by atoms with Gasteiger partial charge in [-0.15, -0.1) is 0 Å². The molecule has 3 heteroatoms. The van der Waals surface area contributed by atoms with Crippen molar-refractivity contribution < 1.29 is 9.90 Å². The summed E-state index contributed by atoms with van der Waals surface area (Å²) in [6.07, 6.45) is 9.37. The van der Waals surface area contributed by atoms with E-state index in [9.17, 15) is 15.2 Å². The Morgan fingerprint density at radius 1 is 1.22 bits per heavy atom. The van der Waals surface area contributed by atoms with Gasteiger partial charge in [0.2, 0.25) is 0 Å². The first-order valence-corrected chi connectivity index (χ1v) is 9.19. The summed E-state index contributed by atoms with van der Waals surface area (Å²) in [6.45, 7) is 4.52. The molecule has 0 aliphatic heterocycles. The van der Waals surface area contributed by atoms with Crippen molar-refractivity contribution in [1.29, 1.82) is 5.26 Å². The van der Waals surface area contributed by atoms with Crippen molar-refractivity contribution in [3.63, 3.8) is 0 Å². The van der Waals surface area contributed by atoms with Crippen LogP contribution in [0, 0.1) is 39.9 Å². The van der Waals surface area contributed by atoms with Crippen LogP contribution in [-0.2, 0) is 4.79 Å². The molecule has 0 aromatic heterocycles. The Bertz CT molecular complexity index is 632. The summed E-state index contributed by atoms with van der Waals surface area (Å²) in [5, 5.41) is 20.4. The molecule has 0 aromatic carbocycles. The van der Waals surface area contributed by atoms with Crippen molar-refractivity contribution in [3.05, 3.63) is 11.6 Å². The third kappa shape index (κ3) is 1.82. The van der Waals surface area contributed by atoms with Crippen LogP contribution in [0.25, 0.3) is 0 Å². The minimum atomic E-state index is -1.14. The predicted molar refractivity (Wildman–Crippen MR) is 87.3 cm³/mol. The molecule has 4 aliphatic rings. The Morgan fingerprint density at radius 2 is 1.96 bits per heavy atom. The van der Waals surface area contributed by atoms with E-state index >= 15 is 0 Å². The summed E-state index contributed by atoms with van der Waals surface area (Å²) in [5.41, 5.74) is 0.156. The monoisotopic (exact) mass is 313 g/mol. The zero-order chi connectivity index (χ0) is 16.5. The molecule has 3 saturated carbocycles. The minimum Gasteiger partial charge on any atom is -0.375 e. The number of nitriles is 1. The zero-order valence-electron chi connectivity index (χ0n) is 14.3. The molecule has 0 aromatic rings. The molecule has 0 radical (unpaired) electrons. The fourth-order valence-electron chi connectivity index (χ4n) is 6.68. The maximum Gasteiger partial charge on any atom is 0.156 e. The van der Waals surface area contributed by atoms with E-state index < -0.39 is 5.60 Å². The van der Waals surface area contributed by atoms with Gasteiger partial charge < -0.3 is 5.11 Å². The Kier molecular flexibility index (Phi) is 3.14. The van der Waals surface area contributed by atoms with Crippen LogP contribution < -0.4 is 0 Å². The Balaban J connectivity index is 1.71. The number of ketones is 1. The van der Waals surface area contributed by atoms with E-state index in [0.29, 0.717) is 36.4 Å². The molecular weight excluding hydrogens is 286 g/mol. The van der Waals surface area contributed by atoms with Crippen LogP contribution in [0.2, 0.25) is 0 Å². The van der Waals surface area contributed by atoms with Crippen LogP contribution >= 0.6 is 0 Å². The molecule has 3 fully saturated rings. The number of carbonyl (C=O) groups is 1. The van der Waals surface area contributed by atoms with Crippen LogP contribution in [0.3, 0.4) is 0 Å². The minimum absolute atomic E-state index is 0.172. The van der Waals surface area contributed by atoms with Gasteiger partial charge in [0.25, 0.3) is 0 Å². The average Bonchev–Trinajstić information content (AvgIpc) is 2.80. The lowest BCUT2D eigenvalue weighted by Crippen LogP contribution is -2.54.